The fourth-order valence-corrected chi connectivity index (χ4v) is 2.66. The van der Waals surface area contributed by atoms with Crippen molar-refractivity contribution in [2.24, 2.45) is 5.10 Å². The highest BCUT2D eigenvalue weighted by Crippen LogP contribution is 2.21. The predicted octanol–water partition coefficient (Wildman–Crippen LogP) is 2.10. The first kappa shape index (κ1) is 16.2. The summed E-state index contributed by atoms with van der Waals surface area (Å²) in [6.45, 7) is 4.71. The van der Waals surface area contributed by atoms with Crippen LogP contribution in [-0.4, -0.2) is 23.3 Å². The second-order valence-corrected chi connectivity index (χ2v) is 5.57. The number of aryl methyl sites for hydroxylation is 1. The van der Waals surface area contributed by atoms with Crippen LogP contribution in [0.2, 0.25) is 0 Å². The lowest BCUT2D eigenvalue weighted by Crippen LogP contribution is -2.27. The number of nitrogens with zero attached hydrogens (tertiary/aromatic N) is 2. The number of amides is 1. The molecule has 2 N–H and O–H groups in total. The number of benzene rings is 1. The van der Waals surface area contributed by atoms with Gasteiger partial charge in [0.05, 0.1) is 25.9 Å². The van der Waals surface area contributed by atoms with Crippen LogP contribution in [0.4, 0.5) is 4.39 Å². The van der Waals surface area contributed by atoms with E-state index in [2.05, 4.69) is 16.0 Å². The second-order valence-electron chi connectivity index (χ2n) is 5.57. The Morgan fingerprint density at radius 1 is 1.46 bits per heavy atom. The lowest BCUT2D eigenvalue weighted by molar-refractivity contribution is 0.0356. The van der Waals surface area contributed by atoms with E-state index in [4.69, 9.17) is 4.84 Å². The zero-order chi connectivity index (χ0) is 17.1. The van der Waals surface area contributed by atoms with E-state index in [-0.39, 0.29) is 18.3 Å². The number of aromatic nitrogens is 1. The van der Waals surface area contributed by atoms with Crippen LogP contribution in [0.3, 0.4) is 0 Å². The van der Waals surface area contributed by atoms with Gasteiger partial charge in [-0.15, -0.1) is 0 Å². The van der Waals surface area contributed by atoms with E-state index in [0.29, 0.717) is 24.4 Å². The number of hydrogen-bond donors (Lipinski definition) is 2. The largest absolute Gasteiger partial charge is 0.334 e. The summed E-state index contributed by atoms with van der Waals surface area (Å²) < 4.78 is 16.0. The Labute approximate surface area is 139 Å². The lowest BCUT2D eigenvalue weighted by atomic mass is 10.1. The van der Waals surface area contributed by atoms with Crippen molar-refractivity contribution in [2.75, 3.05) is 6.61 Å². The summed E-state index contributed by atoms with van der Waals surface area (Å²) in [5.74, 6) is -0.654. The van der Waals surface area contributed by atoms with Gasteiger partial charge in [0, 0.05) is 16.8 Å². The third-order valence-corrected chi connectivity index (χ3v) is 3.86. The summed E-state index contributed by atoms with van der Waals surface area (Å²) in [4.78, 5) is 17.3. The summed E-state index contributed by atoms with van der Waals surface area (Å²) in [6, 6.07) is 6.82. The number of hydrazone groups is 1. The SMILES string of the molecule is CCONC(=O)c1cc2c(n1Cc1ccc(C)cc1F)CNN=C2. The summed E-state index contributed by atoms with van der Waals surface area (Å²) in [6.07, 6.45) is 1.65. The van der Waals surface area contributed by atoms with Gasteiger partial charge in [0.1, 0.15) is 11.5 Å². The average Bonchev–Trinajstić information content (AvgIpc) is 2.94. The van der Waals surface area contributed by atoms with Crippen LogP contribution in [0.15, 0.2) is 29.4 Å². The molecule has 6 nitrogen and oxygen atoms in total. The first-order valence-corrected chi connectivity index (χ1v) is 7.75. The van der Waals surface area contributed by atoms with Crippen LogP contribution in [0.25, 0.3) is 0 Å². The van der Waals surface area contributed by atoms with Crippen molar-refractivity contribution >= 4 is 12.1 Å². The zero-order valence-corrected chi connectivity index (χ0v) is 13.6. The molecular weight excluding hydrogens is 311 g/mol. The van der Waals surface area contributed by atoms with Crippen molar-refractivity contribution in [3.8, 4) is 0 Å². The number of carbonyl (C=O) groups excluding carboxylic acids is 1. The standard InChI is InChI=1S/C17H19FN4O2/c1-3-24-21-17(23)15-7-13-8-19-20-9-16(13)22(15)10-12-5-4-11(2)6-14(12)18/h4-8,20H,3,9-10H2,1-2H3,(H,21,23). The number of rotatable bonds is 5. The summed E-state index contributed by atoms with van der Waals surface area (Å²) in [5, 5.41) is 4.01. The Morgan fingerprint density at radius 3 is 3.04 bits per heavy atom. The number of carbonyl (C=O) groups is 1. The van der Waals surface area contributed by atoms with Crippen LogP contribution in [0.1, 0.15) is 39.8 Å². The number of hydroxylamine groups is 1. The van der Waals surface area contributed by atoms with Gasteiger partial charge in [0.25, 0.3) is 5.91 Å². The fraction of sp³-hybridized carbons (Fsp3) is 0.294. The number of halogens is 1. The van der Waals surface area contributed by atoms with E-state index < -0.39 is 0 Å². The smallest absolute Gasteiger partial charge is 0.291 e. The van der Waals surface area contributed by atoms with Crippen LogP contribution in [0.5, 0.6) is 0 Å². The van der Waals surface area contributed by atoms with E-state index in [1.54, 1.807) is 29.8 Å². The number of hydrogen-bond acceptors (Lipinski definition) is 4. The van der Waals surface area contributed by atoms with E-state index in [1.807, 2.05) is 13.0 Å². The van der Waals surface area contributed by atoms with Crippen LogP contribution in [-0.2, 0) is 17.9 Å². The molecule has 0 saturated carbocycles. The maximum absolute atomic E-state index is 14.2. The Hall–Kier alpha value is -2.67. The van der Waals surface area contributed by atoms with Gasteiger partial charge in [-0.25, -0.2) is 9.87 Å². The van der Waals surface area contributed by atoms with Crippen molar-refractivity contribution < 1.29 is 14.0 Å². The second kappa shape index (κ2) is 6.84. The molecule has 0 fully saturated rings. The van der Waals surface area contributed by atoms with E-state index in [9.17, 15) is 9.18 Å². The molecule has 1 amide bonds. The first-order valence-electron chi connectivity index (χ1n) is 7.75. The first-order chi connectivity index (χ1) is 11.6. The van der Waals surface area contributed by atoms with Crippen molar-refractivity contribution in [1.82, 2.24) is 15.5 Å². The van der Waals surface area contributed by atoms with Gasteiger partial charge >= 0.3 is 0 Å². The molecule has 1 aliphatic rings. The third kappa shape index (κ3) is 3.16. The van der Waals surface area contributed by atoms with Gasteiger partial charge in [-0.2, -0.15) is 5.10 Å². The maximum atomic E-state index is 14.2. The van der Waals surface area contributed by atoms with Crippen molar-refractivity contribution in [2.45, 2.75) is 26.9 Å². The molecule has 0 radical (unpaired) electrons. The normalized spacial score (nSPS) is 12.6. The molecule has 0 spiro atoms. The molecule has 2 aromatic rings. The highest BCUT2D eigenvalue weighted by molar-refractivity contribution is 5.95. The summed E-state index contributed by atoms with van der Waals surface area (Å²) in [7, 11) is 0. The molecule has 24 heavy (non-hydrogen) atoms. The van der Waals surface area contributed by atoms with E-state index in [1.165, 1.54) is 6.07 Å². The fourth-order valence-electron chi connectivity index (χ4n) is 2.66. The maximum Gasteiger partial charge on any atom is 0.291 e. The zero-order valence-electron chi connectivity index (χ0n) is 13.6. The number of fused-ring (bicyclic) bond motifs is 1. The van der Waals surface area contributed by atoms with Gasteiger partial charge in [-0.1, -0.05) is 12.1 Å². The highest BCUT2D eigenvalue weighted by Gasteiger charge is 2.21. The van der Waals surface area contributed by atoms with Crippen molar-refractivity contribution in [3.63, 3.8) is 0 Å². The van der Waals surface area contributed by atoms with Gasteiger partial charge in [-0.05, 0) is 31.5 Å². The van der Waals surface area contributed by atoms with Gasteiger partial charge in [0.2, 0.25) is 0 Å². The van der Waals surface area contributed by atoms with E-state index in [0.717, 1.165) is 16.8 Å². The molecule has 1 aliphatic heterocycles. The van der Waals surface area contributed by atoms with E-state index >= 15 is 0 Å². The topological polar surface area (TPSA) is 67.7 Å². The van der Waals surface area contributed by atoms with Crippen LogP contribution >= 0.6 is 0 Å². The molecule has 7 heteroatoms. The molecule has 0 saturated heterocycles. The Kier molecular flexibility index (Phi) is 4.61. The number of nitrogens with one attached hydrogen (secondary N) is 2. The minimum atomic E-state index is -0.368. The quantitative estimate of drug-likeness (QED) is 0.825. The monoisotopic (exact) mass is 330 g/mol. The minimum absolute atomic E-state index is 0.256. The third-order valence-electron chi connectivity index (χ3n) is 3.86. The summed E-state index contributed by atoms with van der Waals surface area (Å²) in [5.41, 5.74) is 8.77. The molecule has 0 aliphatic carbocycles. The molecule has 0 unspecified atom stereocenters. The van der Waals surface area contributed by atoms with Gasteiger partial charge in [0.15, 0.2) is 0 Å². The van der Waals surface area contributed by atoms with Gasteiger partial charge < -0.3 is 9.99 Å². The minimum Gasteiger partial charge on any atom is -0.334 e. The van der Waals surface area contributed by atoms with Crippen LogP contribution < -0.4 is 10.9 Å². The molecule has 0 atom stereocenters. The highest BCUT2D eigenvalue weighted by atomic mass is 19.1. The molecule has 1 aromatic carbocycles. The van der Waals surface area contributed by atoms with Crippen LogP contribution in [0, 0.1) is 12.7 Å². The summed E-state index contributed by atoms with van der Waals surface area (Å²) >= 11 is 0. The predicted molar refractivity (Wildman–Crippen MR) is 88.2 cm³/mol. The molecule has 3 rings (SSSR count). The van der Waals surface area contributed by atoms with Gasteiger partial charge in [-0.3, -0.25) is 9.63 Å². The molecular formula is C17H19FN4O2. The lowest BCUT2D eigenvalue weighted by Gasteiger charge is -2.16. The van der Waals surface area contributed by atoms with Crippen molar-refractivity contribution in [1.29, 1.82) is 0 Å². The Bertz CT molecular complexity index is 798. The Balaban J connectivity index is 1.99. The average molecular weight is 330 g/mol. The molecule has 0 bridgehead atoms. The van der Waals surface area contributed by atoms with Crippen molar-refractivity contribution in [3.05, 3.63) is 58.2 Å². The molecule has 2 heterocycles. The molecule has 126 valence electrons. The Morgan fingerprint density at radius 2 is 2.29 bits per heavy atom. The molecule has 1 aromatic heterocycles.